The van der Waals surface area contributed by atoms with Crippen LogP contribution in [0.15, 0.2) is 0 Å². The monoisotopic (exact) mass is 398 g/mol. The van der Waals surface area contributed by atoms with E-state index in [1.54, 1.807) is 23.9 Å². The average molecular weight is 398 g/mol. The summed E-state index contributed by atoms with van der Waals surface area (Å²) < 4.78 is 24.1. The number of ether oxygens (including phenoxy) is 4. The lowest BCUT2D eigenvalue weighted by Crippen LogP contribution is -2.50. The molecular formula is C18H30N4O6. The van der Waals surface area contributed by atoms with Crippen LogP contribution in [0.25, 0.3) is 0 Å². The van der Waals surface area contributed by atoms with Crippen molar-refractivity contribution in [2.75, 3.05) is 14.1 Å². The largest absolute Gasteiger partial charge is 0.324 e. The van der Waals surface area contributed by atoms with Crippen LogP contribution in [-0.4, -0.2) is 94.3 Å². The van der Waals surface area contributed by atoms with Gasteiger partial charge in [0.2, 0.25) is 12.6 Å². The van der Waals surface area contributed by atoms with Crippen molar-refractivity contribution in [2.45, 2.75) is 90.1 Å². The lowest BCUT2D eigenvalue weighted by Gasteiger charge is -2.36. The predicted molar refractivity (Wildman–Crippen MR) is 96.6 cm³/mol. The van der Waals surface area contributed by atoms with Crippen LogP contribution in [0.2, 0.25) is 0 Å². The molecule has 0 aliphatic carbocycles. The Morgan fingerprint density at radius 2 is 0.893 bits per heavy atom. The van der Waals surface area contributed by atoms with Gasteiger partial charge in [-0.1, -0.05) is 0 Å². The first kappa shape index (κ1) is 19.7. The minimum atomic E-state index is -0.800. The zero-order chi connectivity index (χ0) is 20.8. The normalized spacial score (nSPS) is 38.7. The molecule has 0 aromatic heterocycles. The molecule has 158 valence electrons. The molecule has 6 atom stereocenters. The van der Waals surface area contributed by atoms with E-state index in [4.69, 9.17) is 18.9 Å². The highest BCUT2D eigenvalue weighted by atomic mass is 16.8. The van der Waals surface area contributed by atoms with Gasteiger partial charge in [-0.15, -0.1) is 0 Å². The topological polar surface area (TPSA) is 84.0 Å². The summed E-state index contributed by atoms with van der Waals surface area (Å²) in [5.74, 6) is 0. The van der Waals surface area contributed by atoms with Crippen LogP contribution in [-0.2, 0) is 18.9 Å². The van der Waals surface area contributed by atoms with Gasteiger partial charge in [-0.3, -0.25) is 19.6 Å². The third kappa shape index (κ3) is 2.69. The molecular weight excluding hydrogens is 368 g/mol. The number of rotatable bonds is 1. The van der Waals surface area contributed by atoms with Crippen molar-refractivity contribution in [1.82, 2.24) is 19.6 Å². The van der Waals surface area contributed by atoms with Crippen LogP contribution >= 0.6 is 0 Å². The van der Waals surface area contributed by atoms with E-state index in [0.717, 1.165) is 0 Å². The fourth-order valence-corrected chi connectivity index (χ4v) is 4.19. The number of fused-ring (bicyclic) bond motifs is 2. The maximum Gasteiger partial charge on any atom is 0.324 e. The third-order valence-corrected chi connectivity index (χ3v) is 5.54. The highest BCUT2D eigenvalue weighted by Gasteiger charge is 2.61. The Hall–Kier alpha value is -1.62. The van der Waals surface area contributed by atoms with E-state index in [-0.39, 0.29) is 12.1 Å². The SMILES string of the molecule is CN1C(=O)N(C(C)(C)C)[C@@H]2O[C@H]([C@@H]3O[C@H]4[C@H](O3)N(C(C)(C)C)C(=O)N4C)O[C@H]21. The molecule has 4 aliphatic rings. The predicted octanol–water partition coefficient (Wildman–Crippen LogP) is 1.37. The molecule has 4 saturated heterocycles. The second-order valence-corrected chi connectivity index (χ2v) is 9.71. The number of nitrogens with zero attached hydrogens (tertiary/aromatic N) is 4. The van der Waals surface area contributed by atoms with E-state index in [0.29, 0.717) is 0 Å². The molecule has 0 aromatic carbocycles. The summed E-state index contributed by atoms with van der Waals surface area (Å²) in [7, 11) is 3.38. The molecule has 0 N–H and O–H groups in total. The summed E-state index contributed by atoms with van der Waals surface area (Å²) in [5, 5.41) is 0. The molecule has 4 aliphatic heterocycles. The second kappa shape index (κ2) is 5.94. The van der Waals surface area contributed by atoms with Crippen LogP contribution < -0.4 is 0 Å². The second-order valence-electron chi connectivity index (χ2n) is 9.71. The maximum absolute atomic E-state index is 12.6. The molecule has 0 unspecified atom stereocenters. The number of amides is 4. The maximum atomic E-state index is 12.6. The molecule has 0 radical (unpaired) electrons. The molecule has 0 bridgehead atoms. The van der Waals surface area contributed by atoms with Gasteiger partial charge in [0.1, 0.15) is 0 Å². The minimum absolute atomic E-state index is 0.143. The van der Waals surface area contributed by atoms with Crippen molar-refractivity contribution in [2.24, 2.45) is 0 Å². The summed E-state index contributed by atoms with van der Waals surface area (Å²) in [5.41, 5.74) is -0.848. The van der Waals surface area contributed by atoms with Crippen molar-refractivity contribution in [3.63, 3.8) is 0 Å². The van der Waals surface area contributed by atoms with Crippen LogP contribution in [0, 0.1) is 0 Å². The molecule has 4 amide bonds. The Bertz CT molecular complexity index is 631. The number of hydrogen-bond acceptors (Lipinski definition) is 6. The average Bonchev–Trinajstić information content (AvgIpc) is 3.24. The molecule has 28 heavy (non-hydrogen) atoms. The minimum Gasteiger partial charge on any atom is -0.319 e. The van der Waals surface area contributed by atoms with Gasteiger partial charge in [0.05, 0.1) is 0 Å². The summed E-state index contributed by atoms with van der Waals surface area (Å²) in [4.78, 5) is 31.5. The Labute approximate surface area is 165 Å². The molecule has 4 fully saturated rings. The summed E-state index contributed by atoms with van der Waals surface area (Å²) in [6, 6.07) is -0.286. The van der Waals surface area contributed by atoms with Gasteiger partial charge in [-0.2, -0.15) is 0 Å². The molecule has 10 heteroatoms. The Morgan fingerprint density at radius 3 is 1.18 bits per heavy atom. The van der Waals surface area contributed by atoms with Crippen LogP contribution in [0.3, 0.4) is 0 Å². The number of carbonyl (C=O) groups is 2. The lowest BCUT2D eigenvalue weighted by atomic mass is 10.1. The standard InChI is InChI=1S/C18H30N4O6/c1-17(2,3)21-11-9(19(7)15(21)23)25-13(27-11)14-26-10-12(28-14)22(18(4,5)6)16(24)20(10)8/h9-14H,1-8H3/t9-,10+,11-,12+,13-,14-/m1/s1. The summed E-state index contributed by atoms with van der Waals surface area (Å²) in [6.07, 6.45) is -3.77. The highest BCUT2D eigenvalue weighted by molar-refractivity contribution is 5.78. The van der Waals surface area contributed by atoms with Crippen molar-refractivity contribution in [1.29, 1.82) is 0 Å². The van der Waals surface area contributed by atoms with Gasteiger partial charge >= 0.3 is 12.1 Å². The van der Waals surface area contributed by atoms with Gasteiger partial charge in [-0.25, -0.2) is 9.59 Å². The van der Waals surface area contributed by atoms with E-state index in [1.807, 2.05) is 41.5 Å². The van der Waals surface area contributed by atoms with Crippen LogP contribution in [0.1, 0.15) is 41.5 Å². The Morgan fingerprint density at radius 1 is 0.607 bits per heavy atom. The number of hydrogen-bond donors (Lipinski definition) is 0. The lowest BCUT2D eigenvalue weighted by molar-refractivity contribution is -0.245. The van der Waals surface area contributed by atoms with Gasteiger partial charge in [0, 0.05) is 25.2 Å². The van der Waals surface area contributed by atoms with Crippen molar-refractivity contribution in [3.05, 3.63) is 0 Å². The fourth-order valence-electron chi connectivity index (χ4n) is 4.19. The molecule has 0 aromatic rings. The summed E-state index contributed by atoms with van der Waals surface area (Å²) >= 11 is 0. The number of carbonyl (C=O) groups excluding carboxylic acids is 2. The first-order chi connectivity index (χ1) is 12.8. The highest BCUT2D eigenvalue weighted by Crippen LogP contribution is 2.42. The van der Waals surface area contributed by atoms with E-state index in [1.165, 1.54) is 9.80 Å². The number of likely N-dealkylation sites (N-methyl/N-ethyl adjacent to an activating group) is 2. The molecule has 4 heterocycles. The van der Waals surface area contributed by atoms with Gasteiger partial charge < -0.3 is 18.9 Å². The van der Waals surface area contributed by atoms with Gasteiger partial charge in [-0.05, 0) is 41.5 Å². The third-order valence-electron chi connectivity index (χ3n) is 5.54. The van der Waals surface area contributed by atoms with E-state index < -0.39 is 48.6 Å². The Balaban J connectivity index is 1.51. The van der Waals surface area contributed by atoms with E-state index >= 15 is 0 Å². The first-order valence-corrected chi connectivity index (χ1v) is 9.56. The Kier molecular flexibility index (Phi) is 4.18. The fraction of sp³-hybridized carbons (Fsp3) is 0.889. The van der Waals surface area contributed by atoms with Gasteiger partial charge in [0.25, 0.3) is 0 Å². The van der Waals surface area contributed by atoms with Crippen molar-refractivity contribution >= 4 is 12.1 Å². The smallest absolute Gasteiger partial charge is 0.319 e. The van der Waals surface area contributed by atoms with Crippen LogP contribution in [0.4, 0.5) is 9.59 Å². The molecule has 0 spiro atoms. The quantitative estimate of drug-likeness (QED) is 0.663. The molecule has 0 saturated carbocycles. The van der Waals surface area contributed by atoms with Crippen molar-refractivity contribution < 1.29 is 28.5 Å². The molecule has 4 rings (SSSR count). The number of urea groups is 2. The van der Waals surface area contributed by atoms with E-state index in [2.05, 4.69) is 0 Å². The summed E-state index contributed by atoms with van der Waals surface area (Å²) in [6.45, 7) is 11.7. The van der Waals surface area contributed by atoms with Gasteiger partial charge in [0.15, 0.2) is 24.9 Å². The zero-order valence-electron chi connectivity index (χ0n) is 17.7. The van der Waals surface area contributed by atoms with Crippen molar-refractivity contribution in [3.8, 4) is 0 Å². The zero-order valence-corrected chi connectivity index (χ0v) is 17.7. The van der Waals surface area contributed by atoms with Crippen LogP contribution in [0.5, 0.6) is 0 Å². The van der Waals surface area contributed by atoms with E-state index in [9.17, 15) is 9.59 Å². The molecule has 10 nitrogen and oxygen atoms in total. The first-order valence-electron chi connectivity index (χ1n) is 9.56.